The van der Waals surface area contributed by atoms with Crippen molar-refractivity contribution < 1.29 is 28.7 Å². The van der Waals surface area contributed by atoms with Crippen LogP contribution in [-0.2, 0) is 22.7 Å². The maximum absolute atomic E-state index is 13.3. The second-order valence-corrected chi connectivity index (χ2v) is 15.9. The van der Waals surface area contributed by atoms with E-state index in [2.05, 4.69) is 26.5 Å². The van der Waals surface area contributed by atoms with Crippen LogP contribution in [0.25, 0.3) is 0 Å². The Bertz CT molecular complexity index is 2050. The summed E-state index contributed by atoms with van der Waals surface area (Å²) in [6.45, 7) is 1.38. The molecule has 284 valence electrons. The summed E-state index contributed by atoms with van der Waals surface area (Å²) in [4.78, 5) is 69.4. The number of hydrogen-bond acceptors (Lipinski definition) is 9. The minimum Gasteiger partial charge on any atom is -0.490 e. The van der Waals surface area contributed by atoms with Gasteiger partial charge in [0.25, 0.3) is 17.7 Å². The minimum atomic E-state index is -0.968. The number of carbonyl (C=O) groups excluding carboxylic acids is 5. The zero-order valence-electron chi connectivity index (χ0n) is 30.7. The molecule has 5 aliphatic rings. The van der Waals surface area contributed by atoms with Gasteiger partial charge in [-0.1, -0.05) is 11.6 Å². The Kier molecular flexibility index (Phi) is 10.1. The van der Waals surface area contributed by atoms with Crippen molar-refractivity contribution >= 4 is 46.8 Å². The van der Waals surface area contributed by atoms with Crippen LogP contribution in [-0.4, -0.2) is 76.7 Å². The second kappa shape index (κ2) is 15.1. The van der Waals surface area contributed by atoms with Gasteiger partial charge < -0.3 is 15.0 Å². The first-order valence-corrected chi connectivity index (χ1v) is 19.6. The predicted molar refractivity (Wildman–Crippen MR) is 204 cm³/mol. The molecule has 1 saturated heterocycles. The van der Waals surface area contributed by atoms with E-state index in [9.17, 15) is 29.2 Å². The molecule has 0 spiro atoms. The molecule has 3 aromatic rings. The van der Waals surface area contributed by atoms with Crippen molar-refractivity contribution in [3.05, 3.63) is 93.0 Å². The molecule has 3 aromatic carbocycles. The summed E-state index contributed by atoms with van der Waals surface area (Å²) in [5, 5.41) is 15.1. The monoisotopic (exact) mass is 762 g/mol. The van der Waals surface area contributed by atoms with Crippen molar-refractivity contribution in [2.45, 2.75) is 108 Å². The number of piperidine rings is 1. The quantitative estimate of drug-likeness (QED) is 0.284. The molecule has 5 amide bonds. The summed E-state index contributed by atoms with van der Waals surface area (Å²) >= 11 is 6.26. The molecule has 2 N–H and O–H groups in total. The van der Waals surface area contributed by atoms with E-state index in [-0.39, 0.29) is 30.9 Å². The number of nitriles is 1. The summed E-state index contributed by atoms with van der Waals surface area (Å²) in [6.07, 6.45) is 7.65. The highest BCUT2D eigenvalue weighted by molar-refractivity contribution is 6.32. The molecule has 8 rings (SSSR count). The number of ether oxygens (including phenoxy) is 1. The molecule has 0 aromatic heterocycles. The van der Waals surface area contributed by atoms with Crippen LogP contribution >= 0.6 is 11.6 Å². The lowest BCUT2D eigenvalue weighted by molar-refractivity contribution is -0.136. The number of hydrogen-bond donors (Lipinski definition) is 2. The number of benzene rings is 3. The van der Waals surface area contributed by atoms with Crippen LogP contribution in [0, 0.1) is 11.3 Å². The number of rotatable bonds is 8. The van der Waals surface area contributed by atoms with Crippen molar-refractivity contribution in [1.29, 1.82) is 5.26 Å². The van der Waals surface area contributed by atoms with Crippen LogP contribution in [0.4, 0.5) is 5.69 Å². The van der Waals surface area contributed by atoms with Gasteiger partial charge in [0.05, 0.1) is 27.8 Å². The summed E-state index contributed by atoms with van der Waals surface area (Å²) in [5.41, 5.74) is 4.76. The molecule has 0 radical (unpaired) electrons. The molecular weight excluding hydrogens is 720 g/mol. The molecular formula is C42H43ClN6O6. The number of nitrogens with zero attached hydrogens (tertiary/aromatic N) is 4. The maximum Gasteiger partial charge on any atom is 0.262 e. The molecule has 3 aliphatic heterocycles. The van der Waals surface area contributed by atoms with E-state index in [1.54, 1.807) is 6.07 Å². The first kappa shape index (κ1) is 36.7. The van der Waals surface area contributed by atoms with E-state index < -0.39 is 29.7 Å². The third kappa shape index (κ3) is 7.31. The first-order chi connectivity index (χ1) is 26.6. The Balaban J connectivity index is 0.784. The topological polar surface area (TPSA) is 152 Å². The second-order valence-electron chi connectivity index (χ2n) is 15.5. The fourth-order valence-corrected chi connectivity index (χ4v) is 9.18. The number of imide groups is 2. The van der Waals surface area contributed by atoms with Crippen molar-refractivity contribution in [2.75, 3.05) is 11.9 Å². The maximum atomic E-state index is 13.3. The molecule has 12 nitrogen and oxygen atoms in total. The number of anilines is 1. The van der Waals surface area contributed by atoms with Crippen LogP contribution in [0.2, 0.25) is 5.02 Å². The summed E-state index contributed by atoms with van der Waals surface area (Å²) < 4.78 is 6.35. The number of nitrogens with one attached hydrogen (secondary N) is 2. The average Bonchev–Trinajstić information content (AvgIpc) is 3.71. The molecule has 0 bridgehead atoms. The van der Waals surface area contributed by atoms with Gasteiger partial charge >= 0.3 is 0 Å². The molecule has 1 atom stereocenters. The van der Waals surface area contributed by atoms with Crippen LogP contribution in [0.15, 0.2) is 54.6 Å². The number of carbonyl (C=O) groups is 5. The molecule has 13 heteroatoms. The summed E-state index contributed by atoms with van der Waals surface area (Å²) in [6, 6.07) is 18.5. The van der Waals surface area contributed by atoms with Crippen molar-refractivity contribution in [1.82, 2.24) is 20.4 Å². The fraction of sp³-hybridized carbons (Fsp3) is 0.429. The lowest BCUT2D eigenvalue weighted by Gasteiger charge is -2.36. The van der Waals surface area contributed by atoms with Gasteiger partial charge in [0.15, 0.2) is 0 Å². The van der Waals surface area contributed by atoms with E-state index in [4.69, 9.17) is 16.3 Å². The fourth-order valence-electron chi connectivity index (χ4n) is 8.96. The van der Waals surface area contributed by atoms with Gasteiger partial charge in [-0.15, -0.1) is 0 Å². The standard InChI is InChI=1S/C42H43ClN6O6/c1-47(31-7-2-25(21-44)36(43)20-31)29-8-5-28(6-9-29)45-39(51)24-3-12-32(13-4-24)55-33-14-10-30(11-15-33)48-22-26-18-34-35(19-27(26)23-48)42(54)49(41(34)53)37-16-17-38(50)46-40(37)52/h2-4,7,12-13,18-20,28-30,33,37H,5-6,8-11,14-17,22-23H2,1H3,(H,45,51)(H,46,50,52)/t28?,29?,30-,33-,37-/m1/s1. The van der Waals surface area contributed by atoms with Crippen LogP contribution < -0.4 is 20.3 Å². The zero-order valence-corrected chi connectivity index (χ0v) is 31.4. The van der Waals surface area contributed by atoms with Crippen LogP contribution in [0.3, 0.4) is 0 Å². The Hall–Kier alpha value is -5.25. The number of halogens is 1. The molecule has 3 heterocycles. The Labute approximate surface area is 324 Å². The van der Waals surface area contributed by atoms with Crippen LogP contribution in [0.1, 0.15) is 112 Å². The molecule has 2 aliphatic carbocycles. The third-order valence-corrected chi connectivity index (χ3v) is 12.5. The van der Waals surface area contributed by atoms with E-state index in [1.165, 1.54) is 0 Å². The highest BCUT2D eigenvalue weighted by atomic mass is 35.5. The minimum absolute atomic E-state index is 0.0758. The van der Waals surface area contributed by atoms with Gasteiger partial charge in [0.1, 0.15) is 17.9 Å². The normalized spacial score (nSPS) is 25.2. The first-order valence-electron chi connectivity index (χ1n) is 19.2. The van der Waals surface area contributed by atoms with Gasteiger partial charge in [-0.05, 0) is 124 Å². The lowest BCUT2D eigenvalue weighted by atomic mass is 9.90. The smallest absolute Gasteiger partial charge is 0.262 e. The highest BCUT2D eigenvalue weighted by Crippen LogP contribution is 2.37. The summed E-state index contributed by atoms with van der Waals surface area (Å²) in [5.74, 6) is -1.28. The Morgan fingerprint density at radius 2 is 1.53 bits per heavy atom. The van der Waals surface area contributed by atoms with E-state index in [1.807, 2.05) is 55.6 Å². The summed E-state index contributed by atoms with van der Waals surface area (Å²) in [7, 11) is 2.05. The SMILES string of the molecule is CN(c1ccc(C#N)c(Cl)c1)C1CCC(NC(=O)c2ccc(O[C@H]3CC[C@H](N4Cc5cc6c(cc5C4)C(=O)N([C@@H]4CCC(=O)NC4=O)C6=O)CC3)cc2)CC1. The van der Waals surface area contributed by atoms with Crippen molar-refractivity contribution in [2.24, 2.45) is 0 Å². The van der Waals surface area contributed by atoms with Gasteiger partial charge in [-0.25, -0.2) is 0 Å². The number of fused-ring (bicyclic) bond motifs is 2. The van der Waals surface area contributed by atoms with Gasteiger partial charge in [0, 0.05) is 55.9 Å². The molecule has 55 heavy (non-hydrogen) atoms. The molecule has 0 unspecified atom stereocenters. The molecule has 2 saturated carbocycles. The lowest BCUT2D eigenvalue weighted by Crippen LogP contribution is -2.54. The zero-order chi connectivity index (χ0) is 38.4. The average molecular weight is 763 g/mol. The third-order valence-electron chi connectivity index (χ3n) is 12.1. The highest BCUT2D eigenvalue weighted by Gasteiger charge is 2.45. The van der Waals surface area contributed by atoms with E-state index >= 15 is 0 Å². The van der Waals surface area contributed by atoms with Gasteiger partial charge in [-0.3, -0.25) is 39.1 Å². The Morgan fingerprint density at radius 3 is 2.13 bits per heavy atom. The van der Waals surface area contributed by atoms with Gasteiger partial charge in [-0.2, -0.15) is 5.26 Å². The van der Waals surface area contributed by atoms with E-state index in [0.29, 0.717) is 52.4 Å². The van der Waals surface area contributed by atoms with Gasteiger partial charge in [0.2, 0.25) is 11.8 Å². The largest absolute Gasteiger partial charge is 0.490 e. The van der Waals surface area contributed by atoms with Crippen molar-refractivity contribution in [3.63, 3.8) is 0 Å². The van der Waals surface area contributed by atoms with Crippen LogP contribution in [0.5, 0.6) is 5.75 Å². The number of amides is 5. The van der Waals surface area contributed by atoms with E-state index in [0.717, 1.165) is 78.8 Å². The molecule has 3 fully saturated rings. The van der Waals surface area contributed by atoms with Crippen molar-refractivity contribution in [3.8, 4) is 11.8 Å². The predicted octanol–water partition coefficient (Wildman–Crippen LogP) is 5.50. The Morgan fingerprint density at radius 1 is 0.873 bits per heavy atom.